The summed E-state index contributed by atoms with van der Waals surface area (Å²) in [5, 5.41) is 15.6. The van der Waals surface area contributed by atoms with E-state index in [2.05, 4.69) is 10.6 Å². The fourth-order valence-electron chi connectivity index (χ4n) is 2.38. The van der Waals surface area contributed by atoms with Gasteiger partial charge in [-0.05, 0) is 30.7 Å². The van der Waals surface area contributed by atoms with E-state index in [1.54, 1.807) is 25.3 Å². The number of hydrogen-bond donors (Lipinski definition) is 3. The van der Waals surface area contributed by atoms with Crippen molar-refractivity contribution in [3.05, 3.63) is 58.6 Å². The number of aliphatic hydroxyl groups excluding tert-OH is 1. The standard InChI is InChI=1S/C18H21ClN2O3/c1-12(14-5-3-4-6-17(14)24-2)21-18(23)10-20-16-9-13(11-22)7-8-15(16)19/h3-9,12,20,22H,10-11H2,1-2H3,(H,21,23). The summed E-state index contributed by atoms with van der Waals surface area (Å²) in [6.45, 7) is 1.89. The van der Waals surface area contributed by atoms with Crippen molar-refractivity contribution in [2.24, 2.45) is 0 Å². The van der Waals surface area contributed by atoms with Gasteiger partial charge in [-0.2, -0.15) is 0 Å². The van der Waals surface area contributed by atoms with Crippen molar-refractivity contribution in [3.8, 4) is 5.75 Å². The van der Waals surface area contributed by atoms with E-state index in [0.717, 1.165) is 16.9 Å². The van der Waals surface area contributed by atoms with Crippen LogP contribution in [-0.4, -0.2) is 24.7 Å². The fourth-order valence-corrected chi connectivity index (χ4v) is 2.56. The first-order valence-corrected chi connectivity index (χ1v) is 7.98. The van der Waals surface area contributed by atoms with E-state index in [4.69, 9.17) is 21.4 Å². The molecule has 0 aliphatic heterocycles. The molecule has 0 spiro atoms. The third-order valence-electron chi connectivity index (χ3n) is 3.64. The van der Waals surface area contributed by atoms with Crippen LogP contribution in [0.2, 0.25) is 5.02 Å². The van der Waals surface area contributed by atoms with Crippen molar-refractivity contribution in [3.63, 3.8) is 0 Å². The minimum absolute atomic E-state index is 0.0775. The molecule has 1 amide bonds. The summed E-state index contributed by atoms with van der Waals surface area (Å²) >= 11 is 6.09. The van der Waals surface area contributed by atoms with E-state index >= 15 is 0 Å². The molecule has 0 radical (unpaired) electrons. The van der Waals surface area contributed by atoms with Crippen LogP contribution in [0.5, 0.6) is 5.75 Å². The highest BCUT2D eigenvalue weighted by Gasteiger charge is 2.13. The molecular formula is C18H21ClN2O3. The Balaban J connectivity index is 1.96. The highest BCUT2D eigenvalue weighted by Crippen LogP contribution is 2.25. The predicted octanol–water partition coefficient (Wildman–Crippen LogP) is 3.13. The number of halogens is 1. The smallest absolute Gasteiger partial charge is 0.239 e. The van der Waals surface area contributed by atoms with Crippen molar-refractivity contribution in [1.82, 2.24) is 5.32 Å². The summed E-state index contributed by atoms with van der Waals surface area (Å²) in [5.41, 5.74) is 2.25. The van der Waals surface area contributed by atoms with E-state index in [0.29, 0.717) is 10.7 Å². The quantitative estimate of drug-likeness (QED) is 0.719. The van der Waals surface area contributed by atoms with Gasteiger partial charge in [-0.3, -0.25) is 4.79 Å². The number of anilines is 1. The first-order valence-electron chi connectivity index (χ1n) is 7.60. The molecule has 6 heteroatoms. The molecule has 1 unspecified atom stereocenters. The summed E-state index contributed by atoms with van der Waals surface area (Å²) in [6.07, 6.45) is 0. The summed E-state index contributed by atoms with van der Waals surface area (Å²) in [5.74, 6) is 0.566. The first-order chi connectivity index (χ1) is 11.5. The van der Waals surface area contributed by atoms with Crippen molar-refractivity contribution < 1.29 is 14.6 Å². The number of carbonyl (C=O) groups excluding carboxylic acids is 1. The molecule has 24 heavy (non-hydrogen) atoms. The highest BCUT2D eigenvalue weighted by molar-refractivity contribution is 6.33. The average Bonchev–Trinajstić information content (AvgIpc) is 2.60. The van der Waals surface area contributed by atoms with Crippen molar-refractivity contribution >= 4 is 23.2 Å². The number of ether oxygens (including phenoxy) is 1. The van der Waals surface area contributed by atoms with Gasteiger partial charge in [0.15, 0.2) is 0 Å². The lowest BCUT2D eigenvalue weighted by Crippen LogP contribution is -2.32. The number of carbonyl (C=O) groups is 1. The lowest BCUT2D eigenvalue weighted by molar-refractivity contribution is -0.120. The monoisotopic (exact) mass is 348 g/mol. The Hall–Kier alpha value is -2.24. The lowest BCUT2D eigenvalue weighted by atomic mass is 10.1. The number of para-hydroxylation sites is 1. The van der Waals surface area contributed by atoms with Crippen LogP contribution in [0.25, 0.3) is 0 Å². The summed E-state index contributed by atoms with van der Waals surface area (Å²) in [6, 6.07) is 12.5. The topological polar surface area (TPSA) is 70.6 Å². The molecule has 2 aromatic rings. The predicted molar refractivity (Wildman–Crippen MR) is 95.4 cm³/mol. The molecule has 0 aliphatic carbocycles. The number of benzene rings is 2. The molecule has 0 saturated carbocycles. The van der Waals surface area contributed by atoms with E-state index in [9.17, 15) is 4.79 Å². The molecule has 0 saturated heterocycles. The number of amides is 1. The Morgan fingerprint density at radius 3 is 2.75 bits per heavy atom. The van der Waals surface area contributed by atoms with Gasteiger partial charge in [-0.25, -0.2) is 0 Å². The number of nitrogens with one attached hydrogen (secondary N) is 2. The van der Waals surface area contributed by atoms with E-state index in [1.807, 2.05) is 31.2 Å². The number of rotatable bonds is 7. The second kappa shape index (κ2) is 8.57. The molecule has 2 aromatic carbocycles. The van der Waals surface area contributed by atoms with Gasteiger partial charge in [0, 0.05) is 5.56 Å². The van der Waals surface area contributed by atoms with Crippen molar-refractivity contribution in [1.29, 1.82) is 0 Å². The van der Waals surface area contributed by atoms with Crippen LogP contribution >= 0.6 is 11.6 Å². The van der Waals surface area contributed by atoms with Crippen molar-refractivity contribution in [2.45, 2.75) is 19.6 Å². The third kappa shape index (κ3) is 4.63. The number of hydrogen-bond acceptors (Lipinski definition) is 4. The van der Waals surface area contributed by atoms with Gasteiger partial charge in [-0.1, -0.05) is 35.9 Å². The summed E-state index contributed by atoms with van der Waals surface area (Å²) < 4.78 is 5.31. The van der Waals surface area contributed by atoms with Crippen LogP contribution in [0.15, 0.2) is 42.5 Å². The zero-order chi connectivity index (χ0) is 17.5. The van der Waals surface area contributed by atoms with Gasteiger partial charge in [-0.15, -0.1) is 0 Å². The molecule has 128 valence electrons. The number of methoxy groups -OCH3 is 1. The molecule has 2 rings (SSSR count). The Labute approximate surface area is 146 Å². The molecule has 0 aromatic heterocycles. The van der Waals surface area contributed by atoms with Crippen LogP contribution in [-0.2, 0) is 11.4 Å². The van der Waals surface area contributed by atoms with Gasteiger partial charge in [0.05, 0.1) is 37.0 Å². The van der Waals surface area contributed by atoms with E-state index in [1.165, 1.54) is 0 Å². The average molecular weight is 349 g/mol. The fraction of sp³-hybridized carbons (Fsp3) is 0.278. The minimum Gasteiger partial charge on any atom is -0.496 e. The largest absolute Gasteiger partial charge is 0.496 e. The van der Waals surface area contributed by atoms with Gasteiger partial charge in [0.2, 0.25) is 5.91 Å². The maximum absolute atomic E-state index is 12.2. The van der Waals surface area contributed by atoms with Crippen LogP contribution in [0.1, 0.15) is 24.1 Å². The van der Waals surface area contributed by atoms with Gasteiger partial charge < -0.3 is 20.5 Å². The van der Waals surface area contributed by atoms with Crippen LogP contribution in [0.3, 0.4) is 0 Å². The third-order valence-corrected chi connectivity index (χ3v) is 3.97. The molecule has 3 N–H and O–H groups in total. The maximum Gasteiger partial charge on any atom is 0.239 e. The molecule has 1 atom stereocenters. The zero-order valence-electron chi connectivity index (χ0n) is 13.7. The van der Waals surface area contributed by atoms with Crippen LogP contribution < -0.4 is 15.4 Å². The maximum atomic E-state index is 12.2. The highest BCUT2D eigenvalue weighted by atomic mass is 35.5. The molecule has 5 nitrogen and oxygen atoms in total. The minimum atomic E-state index is -0.185. The molecule has 0 bridgehead atoms. The Bertz CT molecular complexity index is 706. The number of aliphatic hydroxyl groups is 1. The molecule has 0 aliphatic rings. The summed E-state index contributed by atoms with van der Waals surface area (Å²) in [4.78, 5) is 12.2. The molecular weight excluding hydrogens is 328 g/mol. The van der Waals surface area contributed by atoms with E-state index in [-0.39, 0.29) is 25.1 Å². The summed E-state index contributed by atoms with van der Waals surface area (Å²) in [7, 11) is 1.60. The zero-order valence-corrected chi connectivity index (χ0v) is 14.4. The first kappa shape index (κ1) is 18.1. The van der Waals surface area contributed by atoms with Crippen LogP contribution in [0.4, 0.5) is 5.69 Å². The van der Waals surface area contributed by atoms with Gasteiger partial charge in [0.25, 0.3) is 0 Å². The van der Waals surface area contributed by atoms with Crippen LogP contribution in [0, 0.1) is 0 Å². The normalized spacial score (nSPS) is 11.7. The van der Waals surface area contributed by atoms with Gasteiger partial charge >= 0.3 is 0 Å². The Morgan fingerprint density at radius 2 is 2.04 bits per heavy atom. The van der Waals surface area contributed by atoms with E-state index < -0.39 is 0 Å². The SMILES string of the molecule is COc1ccccc1C(C)NC(=O)CNc1cc(CO)ccc1Cl. The lowest BCUT2D eigenvalue weighted by Gasteiger charge is -2.18. The Kier molecular flexibility index (Phi) is 6.46. The molecule has 0 fully saturated rings. The van der Waals surface area contributed by atoms with Gasteiger partial charge in [0.1, 0.15) is 5.75 Å². The Morgan fingerprint density at radius 1 is 1.29 bits per heavy atom. The second-order valence-electron chi connectivity index (χ2n) is 5.36. The second-order valence-corrected chi connectivity index (χ2v) is 5.76. The van der Waals surface area contributed by atoms with Crippen molar-refractivity contribution in [2.75, 3.05) is 19.0 Å². The molecule has 0 heterocycles.